The van der Waals surface area contributed by atoms with Crippen LogP contribution in [0.4, 0.5) is 0 Å². The first kappa shape index (κ1) is 18.4. The molecule has 2 N–H and O–H groups in total. The predicted octanol–water partition coefficient (Wildman–Crippen LogP) is 2.48. The molecule has 0 spiro atoms. The van der Waals surface area contributed by atoms with Crippen LogP contribution in [0.25, 0.3) is 0 Å². The lowest BCUT2D eigenvalue weighted by molar-refractivity contribution is 0.618. The minimum atomic E-state index is 0.314. The van der Waals surface area contributed by atoms with Crippen molar-refractivity contribution in [3.8, 4) is 0 Å². The molecule has 0 aromatic carbocycles. The molecule has 2 aliphatic heterocycles. The van der Waals surface area contributed by atoms with E-state index < -0.39 is 0 Å². The predicted molar refractivity (Wildman–Crippen MR) is 114 cm³/mol. The Hall–Kier alpha value is -4.01. The molecule has 0 unspecified atom stereocenters. The number of guanidine groups is 1. The zero-order valence-electron chi connectivity index (χ0n) is 16.6. The fraction of sp³-hybridized carbons (Fsp3) is 0.182. The Morgan fingerprint density at radius 2 is 2.17 bits per heavy atom. The molecule has 4 rings (SSSR count). The number of hydrogen-bond acceptors (Lipinski definition) is 6. The standard InChI is InChI=1S/C22H21N7/c1-4-5-11-19-20(23-3)17-9-7-6-8-10-18(14-17)29(19)22-26-15-25-21(27-22)28-13-12-24-16(28)2/h4,6,8-13,23H,15H2,1-3H3,(H,25,26,27)/b10-8-. The third-order valence-electron chi connectivity index (χ3n) is 4.51. The zero-order valence-corrected chi connectivity index (χ0v) is 16.6. The summed E-state index contributed by atoms with van der Waals surface area (Å²) in [5, 5.41) is 6.63. The minimum Gasteiger partial charge on any atom is -0.385 e. The van der Waals surface area contributed by atoms with Gasteiger partial charge < -0.3 is 5.32 Å². The molecular weight excluding hydrogens is 362 g/mol. The molecule has 1 aromatic rings. The van der Waals surface area contributed by atoms with E-state index in [0.717, 1.165) is 28.5 Å². The summed E-state index contributed by atoms with van der Waals surface area (Å²) >= 11 is 0. The van der Waals surface area contributed by atoms with Crippen LogP contribution in [0.2, 0.25) is 0 Å². The summed E-state index contributed by atoms with van der Waals surface area (Å²) in [6.07, 6.45) is 15.1. The number of rotatable bonds is 2. The molecule has 1 aromatic heterocycles. The van der Waals surface area contributed by atoms with E-state index in [1.165, 1.54) is 0 Å². The number of imidazole rings is 1. The first-order valence-corrected chi connectivity index (χ1v) is 9.29. The summed E-state index contributed by atoms with van der Waals surface area (Å²) < 4.78 is 1.90. The average molecular weight is 383 g/mol. The number of allylic oxidation sites excluding steroid dienone is 3. The zero-order chi connectivity index (χ0) is 20.2. The molecule has 0 saturated carbocycles. The molecule has 1 aliphatic carbocycles. The normalized spacial score (nSPS) is 18.4. The molecule has 0 radical (unpaired) electrons. The van der Waals surface area contributed by atoms with Gasteiger partial charge in [0.05, 0.1) is 22.7 Å². The molecule has 0 amide bonds. The number of aromatic nitrogens is 2. The van der Waals surface area contributed by atoms with Crippen molar-refractivity contribution in [1.82, 2.24) is 25.1 Å². The van der Waals surface area contributed by atoms with Gasteiger partial charge in [0.2, 0.25) is 11.9 Å². The van der Waals surface area contributed by atoms with Gasteiger partial charge in [0, 0.05) is 25.5 Å². The first-order chi connectivity index (χ1) is 14.2. The van der Waals surface area contributed by atoms with Crippen LogP contribution in [0.15, 0.2) is 98.7 Å². The maximum atomic E-state index is 4.62. The Kier molecular flexibility index (Phi) is 5.02. The molecule has 0 saturated heterocycles. The molecule has 3 heterocycles. The van der Waals surface area contributed by atoms with Gasteiger partial charge in [-0.05, 0) is 38.2 Å². The van der Waals surface area contributed by atoms with Gasteiger partial charge in [-0.2, -0.15) is 0 Å². The highest BCUT2D eigenvalue weighted by molar-refractivity contribution is 6.02. The minimum absolute atomic E-state index is 0.314. The summed E-state index contributed by atoms with van der Waals surface area (Å²) in [5.74, 6) is 2.18. The van der Waals surface area contributed by atoms with Crippen LogP contribution in [-0.4, -0.2) is 40.1 Å². The third-order valence-corrected chi connectivity index (χ3v) is 4.51. The van der Waals surface area contributed by atoms with Crippen molar-refractivity contribution in [2.24, 2.45) is 9.98 Å². The van der Waals surface area contributed by atoms with E-state index in [-0.39, 0.29) is 0 Å². The number of aryl methyl sites for hydroxylation is 1. The van der Waals surface area contributed by atoms with Crippen LogP contribution in [0.3, 0.4) is 0 Å². The van der Waals surface area contributed by atoms with Crippen LogP contribution < -0.4 is 10.6 Å². The van der Waals surface area contributed by atoms with Gasteiger partial charge in [-0.15, -0.1) is 11.5 Å². The Balaban J connectivity index is 1.82. The number of nitrogens with zero attached hydrogens (tertiary/aromatic N) is 5. The van der Waals surface area contributed by atoms with E-state index in [2.05, 4.69) is 42.8 Å². The molecule has 29 heavy (non-hydrogen) atoms. The molecule has 7 nitrogen and oxygen atoms in total. The number of aliphatic imine (C=N–C) groups is 2. The van der Waals surface area contributed by atoms with Gasteiger partial charge in [-0.1, -0.05) is 11.8 Å². The lowest BCUT2D eigenvalue weighted by atomic mass is 10.0. The van der Waals surface area contributed by atoms with E-state index in [4.69, 9.17) is 0 Å². The SMILES string of the molecule is CC=C=CC1=C(NC)C2=C=C(/C=C\C=C=C2)N1C1=NCN=C(n2ccnc2C)N1. The van der Waals surface area contributed by atoms with Crippen molar-refractivity contribution in [2.75, 3.05) is 13.7 Å². The lowest BCUT2D eigenvalue weighted by Gasteiger charge is -2.33. The van der Waals surface area contributed by atoms with Crippen molar-refractivity contribution in [3.63, 3.8) is 0 Å². The highest BCUT2D eigenvalue weighted by atomic mass is 15.4. The molecule has 0 atom stereocenters. The molecular formula is C22H21N7. The largest absolute Gasteiger partial charge is 0.385 e. The Morgan fingerprint density at radius 1 is 1.31 bits per heavy atom. The van der Waals surface area contributed by atoms with Crippen LogP contribution in [0.5, 0.6) is 0 Å². The number of hydrogen-bond donors (Lipinski definition) is 2. The number of nitrogens with one attached hydrogen (secondary N) is 2. The summed E-state index contributed by atoms with van der Waals surface area (Å²) in [5.41, 5.74) is 13.4. The van der Waals surface area contributed by atoms with Crippen molar-refractivity contribution in [2.45, 2.75) is 13.8 Å². The monoisotopic (exact) mass is 383 g/mol. The van der Waals surface area contributed by atoms with Crippen LogP contribution in [0.1, 0.15) is 12.7 Å². The van der Waals surface area contributed by atoms with Crippen molar-refractivity contribution in [1.29, 1.82) is 0 Å². The summed E-state index contributed by atoms with van der Waals surface area (Å²) in [4.78, 5) is 15.4. The summed E-state index contributed by atoms with van der Waals surface area (Å²) in [7, 11) is 1.89. The van der Waals surface area contributed by atoms with Crippen molar-refractivity contribution < 1.29 is 0 Å². The van der Waals surface area contributed by atoms with Gasteiger partial charge in [0.1, 0.15) is 12.5 Å². The highest BCUT2D eigenvalue weighted by Gasteiger charge is 2.28. The maximum absolute atomic E-state index is 4.62. The van der Waals surface area contributed by atoms with Gasteiger partial charge in [-0.3, -0.25) is 14.8 Å². The van der Waals surface area contributed by atoms with Crippen LogP contribution in [0, 0.1) is 6.92 Å². The summed E-state index contributed by atoms with van der Waals surface area (Å²) in [6, 6.07) is 0. The lowest BCUT2D eigenvalue weighted by Crippen LogP contribution is -2.48. The van der Waals surface area contributed by atoms with E-state index in [1.807, 2.05) is 73.0 Å². The first-order valence-electron chi connectivity index (χ1n) is 9.29. The second-order valence-electron chi connectivity index (χ2n) is 6.28. The van der Waals surface area contributed by atoms with Gasteiger partial charge in [-0.25, -0.2) is 15.0 Å². The van der Waals surface area contributed by atoms with E-state index in [0.29, 0.717) is 18.6 Å². The number of likely N-dealkylation sites (N-methyl/N-ethyl adjacent to an activating group) is 1. The fourth-order valence-corrected chi connectivity index (χ4v) is 3.19. The summed E-state index contributed by atoms with van der Waals surface area (Å²) in [6.45, 7) is 4.18. The van der Waals surface area contributed by atoms with Gasteiger partial charge in [0.15, 0.2) is 0 Å². The second-order valence-corrected chi connectivity index (χ2v) is 6.28. The van der Waals surface area contributed by atoms with Crippen molar-refractivity contribution in [3.05, 3.63) is 94.5 Å². The second kappa shape index (κ2) is 7.93. The highest BCUT2D eigenvalue weighted by Crippen LogP contribution is 2.28. The molecule has 0 fully saturated rings. The van der Waals surface area contributed by atoms with Gasteiger partial charge in [0.25, 0.3) is 0 Å². The van der Waals surface area contributed by atoms with E-state index in [9.17, 15) is 0 Å². The van der Waals surface area contributed by atoms with E-state index >= 15 is 0 Å². The quantitative estimate of drug-likeness (QED) is 0.770. The molecule has 3 aliphatic rings. The van der Waals surface area contributed by atoms with Crippen molar-refractivity contribution >= 4 is 11.9 Å². The molecule has 2 bridgehead atoms. The Morgan fingerprint density at radius 3 is 2.93 bits per heavy atom. The molecule has 7 heteroatoms. The average Bonchev–Trinajstić information content (AvgIpc) is 3.15. The van der Waals surface area contributed by atoms with Crippen LogP contribution >= 0.6 is 0 Å². The fourth-order valence-electron chi connectivity index (χ4n) is 3.19. The third kappa shape index (κ3) is 3.45. The van der Waals surface area contributed by atoms with Gasteiger partial charge >= 0.3 is 0 Å². The Labute approximate surface area is 169 Å². The topological polar surface area (TPSA) is 69.8 Å². The Bertz CT molecular complexity index is 1160. The van der Waals surface area contributed by atoms with Crippen LogP contribution in [-0.2, 0) is 0 Å². The maximum Gasteiger partial charge on any atom is 0.212 e. The molecule has 144 valence electrons. The smallest absolute Gasteiger partial charge is 0.212 e. The van der Waals surface area contributed by atoms with E-state index in [1.54, 1.807) is 6.20 Å².